The van der Waals surface area contributed by atoms with Crippen LogP contribution in [0.25, 0.3) is 10.9 Å². The third-order valence-electron chi connectivity index (χ3n) is 7.96. The third kappa shape index (κ3) is 6.27. The van der Waals surface area contributed by atoms with Gasteiger partial charge in [0.2, 0.25) is 17.8 Å². The zero-order valence-corrected chi connectivity index (χ0v) is 25.6. The second-order valence-corrected chi connectivity index (χ2v) is 10.8. The predicted octanol–water partition coefficient (Wildman–Crippen LogP) is 5.04. The number of nitrogens with one attached hydrogen (secondary N) is 1. The number of likely N-dealkylation sites (tertiary alicyclic amines) is 1. The molecule has 5 rings (SSSR count). The largest absolute Gasteiger partial charge is 0.493 e. The summed E-state index contributed by atoms with van der Waals surface area (Å²) in [5.41, 5.74) is 0.824. The van der Waals surface area contributed by atoms with Gasteiger partial charge in [0.25, 0.3) is 0 Å². The van der Waals surface area contributed by atoms with Crippen LogP contribution in [0.5, 0.6) is 11.5 Å². The number of benzene rings is 2. The molecular formula is C29H35Cl2FN6O4. The highest BCUT2D eigenvalue weighted by atomic mass is 35.5. The predicted molar refractivity (Wildman–Crippen MR) is 163 cm³/mol. The Labute approximate surface area is 255 Å². The molecule has 3 heterocycles. The number of piperidine rings is 1. The van der Waals surface area contributed by atoms with Gasteiger partial charge in [0.1, 0.15) is 17.7 Å². The number of methoxy groups -OCH3 is 2. The van der Waals surface area contributed by atoms with Crippen molar-refractivity contribution in [2.24, 2.45) is 0 Å². The van der Waals surface area contributed by atoms with E-state index in [1.807, 2.05) is 7.05 Å². The summed E-state index contributed by atoms with van der Waals surface area (Å²) in [6.45, 7) is 3.39. The maximum atomic E-state index is 14.7. The van der Waals surface area contributed by atoms with Crippen molar-refractivity contribution in [3.05, 3.63) is 41.2 Å². The Morgan fingerprint density at radius 3 is 2.38 bits per heavy atom. The molecule has 1 atom stereocenters. The number of nitrogens with zero attached hydrogens (tertiary/aromatic N) is 5. The highest BCUT2D eigenvalue weighted by Gasteiger charge is 2.37. The number of anilines is 3. The van der Waals surface area contributed by atoms with Gasteiger partial charge >= 0.3 is 0 Å². The lowest BCUT2D eigenvalue weighted by molar-refractivity contribution is -0.143. The van der Waals surface area contributed by atoms with Crippen molar-refractivity contribution in [1.82, 2.24) is 19.8 Å². The first-order valence-electron chi connectivity index (χ1n) is 13.6. The summed E-state index contributed by atoms with van der Waals surface area (Å²) in [6, 6.07) is 7.58. The molecule has 42 heavy (non-hydrogen) atoms. The van der Waals surface area contributed by atoms with Crippen molar-refractivity contribution in [3.63, 3.8) is 0 Å². The first-order chi connectivity index (χ1) is 19.7. The van der Waals surface area contributed by atoms with E-state index in [0.29, 0.717) is 65.2 Å². The van der Waals surface area contributed by atoms with Crippen molar-refractivity contribution >= 4 is 64.2 Å². The number of halogens is 3. The monoisotopic (exact) mass is 620 g/mol. The van der Waals surface area contributed by atoms with E-state index in [1.165, 1.54) is 13.0 Å². The molecule has 2 amide bonds. The van der Waals surface area contributed by atoms with E-state index in [9.17, 15) is 14.0 Å². The number of ether oxygens (including phenoxy) is 2. The number of carbonyl (C=O) groups excluding carboxylic acids is 2. The molecule has 226 valence electrons. The second kappa shape index (κ2) is 13.2. The molecule has 2 saturated heterocycles. The number of fused-ring (bicyclic) bond motifs is 1. The van der Waals surface area contributed by atoms with Crippen LogP contribution in [0.2, 0.25) is 5.02 Å². The van der Waals surface area contributed by atoms with Gasteiger partial charge in [0, 0.05) is 56.1 Å². The Morgan fingerprint density at radius 2 is 1.74 bits per heavy atom. The number of hydrogen-bond acceptors (Lipinski definition) is 8. The van der Waals surface area contributed by atoms with Gasteiger partial charge in [-0.05, 0) is 49.9 Å². The quantitative estimate of drug-likeness (QED) is 0.392. The molecule has 2 fully saturated rings. The molecule has 0 radical (unpaired) electrons. The number of aromatic nitrogens is 2. The van der Waals surface area contributed by atoms with E-state index < -0.39 is 5.82 Å². The fourth-order valence-electron chi connectivity index (χ4n) is 5.67. The molecule has 2 aliphatic heterocycles. The van der Waals surface area contributed by atoms with Gasteiger partial charge in [-0.15, -0.1) is 12.4 Å². The maximum absolute atomic E-state index is 14.7. The van der Waals surface area contributed by atoms with Crippen LogP contribution < -0.4 is 19.7 Å². The van der Waals surface area contributed by atoms with Gasteiger partial charge in [0.15, 0.2) is 11.5 Å². The summed E-state index contributed by atoms with van der Waals surface area (Å²) in [7, 11) is 4.92. The van der Waals surface area contributed by atoms with Crippen LogP contribution in [-0.2, 0) is 9.59 Å². The summed E-state index contributed by atoms with van der Waals surface area (Å²) in [4.78, 5) is 40.4. The molecule has 0 saturated carbocycles. The molecule has 0 bridgehead atoms. The molecule has 0 spiro atoms. The Morgan fingerprint density at radius 1 is 1.05 bits per heavy atom. The Hall–Kier alpha value is -3.57. The highest BCUT2D eigenvalue weighted by Crippen LogP contribution is 2.37. The number of carbonyl (C=O) groups is 2. The second-order valence-electron chi connectivity index (χ2n) is 10.4. The Balaban J connectivity index is 0.00000405. The van der Waals surface area contributed by atoms with Crippen molar-refractivity contribution in [3.8, 4) is 11.5 Å². The molecule has 2 aliphatic rings. The van der Waals surface area contributed by atoms with E-state index in [1.54, 1.807) is 48.3 Å². The average Bonchev–Trinajstić information content (AvgIpc) is 3.47. The minimum absolute atomic E-state index is 0. The lowest BCUT2D eigenvalue weighted by Gasteiger charge is -2.38. The summed E-state index contributed by atoms with van der Waals surface area (Å²) in [6.07, 6.45) is 2.98. The number of amides is 2. The van der Waals surface area contributed by atoms with E-state index in [0.717, 1.165) is 19.3 Å². The lowest BCUT2D eigenvalue weighted by Crippen LogP contribution is -2.52. The van der Waals surface area contributed by atoms with Crippen LogP contribution in [-0.4, -0.2) is 84.6 Å². The van der Waals surface area contributed by atoms with Crippen LogP contribution in [0.15, 0.2) is 30.3 Å². The molecule has 13 heteroatoms. The molecule has 10 nitrogen and oxygen atoms in total. The van der Waals surface area contributed by atoms with Crippen molar-refractivity contribution in [2.75, 3.05) is 51.1 Å². The van der Waals surface area contributed by atoms with E-state index >= 15 is 0 Å². The van der Waals surface area contributed by atoms with Gasteiger partial charge in [-0.3, -0.25) is 9.59 Å². The Bertz CT molecular complexity index is 1470. The number of likely N-dealkylation sites (N-methyl/N-ethyl adjacent to an activating group) is 1. The zero-order valence-electron chi connectivity index (χ0n) is 24.0. The van der Waals surface area contributed by atoms with Crippen LogP contribution in [0, 0.1) is 5.82 Å². The number of rotatable bonds is 7. The first-order valence-corrected chi connectivity index (χ1v) is 14.0. The van der Waals surface area contributed by atoms with Crippen LogP contribution in [0.3, 0.4) is 0 Å². The lowest BCUT2D eigenvalue weighted by atomic mass is 10.0. The topological polar surface area (TPSA) is 100 Å². The smallest absolute Gasteiger partial charge is 0.245 e. The minimum atomic E-state index is -0.509. The highest BCUT2D eigenvalue weighted by molar-refractivity contribution is 6.30. The molecule has 1 N–H and O–H groups in total. The fourth-order valence-corrected chi connectivity index (χ4v) is 5.83. The average molecular weight is 622 g/mol. The Kier molecular flexibility index (Phi) is 9.83. The van der Waals surface area contributed by atoms with Crippen LogP contribution in [0.4, 0.5) is 21.8 Å². The molecule has 0 unspecified atom stereocenters. The summed E-state index contributed by atoms with van der Waals surface area (Å²) >= 11 is 5.95. The first kappa shape index (κ1) is 31.4. The molecular weight excluding hydrogens is 586 g/mol. The van der Waals surface area contributed by atoms with Crippen molar-refractivity contribution in [2.45, 2.75) is 44.7 Å². The van der Waals surface area contributed by atoms with Gasteiger partial charge in [-0.1, -0.05) is 11.6 Å². The SMILES string of the molecule is COc1cc2nc(N3CCC(N(C)C(=O)[C@@H]4CCCN4C(C)=O)CC3)nc(Nc3ccc(Cl)cc3F)c2cc1OC.Cl. The number of hydrogen-bond donors (Lipinski definition) is 1. The fraction of sp³-hybridized carbons (Fsp3) is 0.448. The summed E-state index contributed by atoms with van der Waals surface area (Å²) in [5, 5.41) is 4.03. The van der Waals surface area contributed by atoms with Gasteiger partial charge in [-0.2, -0.15) is 4.98 Å². The van der Waals surface area contributed by atoms with Crippen LogP contribution >= 0.6 is 24.0 Å². The van der Waals surface area contributed by atoms with Crippen molar-refractivity contribution < 1.29 is 23.5 Å². The van der Waals surface area contributed by atoms with E-state index in [-0.39, 0.29) is 42.0 Å². The van der Waals surface area contributed by atoms with Crippen molar-refractivity contribution in [1.29, 1.82) is 0 Å². The third-order valence-corrected chi connectivity index (χ3v) is 8.19. The normalized spacial score (nSPS) is 17.1. The van der Waals surface area contributed by atoms with Crippen LogP contribution in [0.1, 0.15) is 32.6 Å². The molecule has 0 aliphatic carbocycles. The zero-order chi connectivity index (χ0) is 29.3. The van der Waals surface area contributed by atoms with Gasteiger partial charge < -0.3 is 29.5 Å². The van der Waals surface area contributed by atoms with Gasteiger partial charge in [0.05, 0.1) is 25.4 Å². The summed E-state index contributed by atoms with van der Waals surface area (Å²) in [5.74, 6) is 1.32. The maximum Gasteiger partial charge on any atom is 0.245 e. The summed E-state index contributed by atoms with van der Waals surface area (Å²) < 4.78 is 25.7. The van der Waals surface area contributed by atoms with E-state index in [4.69, 9.17) is 31.0 Å². The van der Waals surface area contributed by atoms with Gasteiger partial charge in [-0.25, -0.2) is 9.37 Å². The molecule has 2 aromatic carbocycles. The van der Waals surface area contributed by atoms with E-state index in [2.05, 4.69) is 10.2 Å². The minimum Gasteiger partial charge on any atom is -0.493 e. The molecule has 3 aromatic rings. The molecule has 1 aromatic heterocycles. The standard InChI is InChI=1S/C29H34ClFN6O4.ClH/c1-17(38)37-11-5-6-24(37)28(39)35(2)19-9-12-36(13-10-19)29-33-23-16-26(41-4)25(40-3)15-20(23)27(34-29)32-22-8-7-18(30)14-21(22)31;/h7-8,14-16,19,24H,5-6,9-13H2,1-4H3,(H,32,33,34);1H/t24-;/m0./s1.